The van der Waals surface area contributed by atoms with Crippen molar-refractivity contribution in [3.8, 4) is 11.1 Å². The summed E-state index contributed by atoms with van der Waals surface area (Å²) in [6.07, 6.45) is 2.27. The second-order valence-corrected chi connectivity index (χ2v) is 6.30. The maximum absolute atomic E-state index is 12.6. The molecule has 0 spiro atoms. The Kier molecular flexibility index (Phi) is 6.26. The first-order chi connectivity index (χ1) is 11.5. The number of anilines is 1. The van der Waals surface area contributed by atoms with Gasteiger partial charge >= 0.3 is 5.97 Å². The number of carboxylic acid groups (broad SMARTS) is 1. The lowest BCUT2D eigenvalue weighted by Gasteiger charge is -2.16. The summed E-state index contributed by atoms with van der Waals surface area (Å²) in [5.74, 6) is -0.790. The fourth-order valence-electron chi connectivity index (χ4n) is 2.35. The zero-order valence-electron chi connectivity index (χ0n) is 13.4. The van der Waals surface area contributed by atoms with Crippen molar-refractivity contribution in [3.05, 3.63) is 54.1 Å². The van der Waals surface area contributed by atoms with Gasteiger partial charge in [-0.2, -0.15) is 11.8 Å². The molecule has 24 heavy (non-hydrogen) atoms. The van der Waals surface area contributed by atoms with Gasteiger partial charge in [-0.25, -0.2) is 4.79 Å². The van der Waals surface area contributed by atoms with Crippen LogP contribution in [-0.2, 0) is 4.79 Å². The standard InChI is InChI=1S/C18H20N2O3S/c1-24-10-9-16(18(22)23)20-17(21)14-8-7-13(19)11-15(14)12-5-3-2-4-6-12/h2-8,11,16H,9-10,19H2,1H3,(H,20,21)(H,22,23)/t16-/m0/s1. The van der Waals surface area contributed by atoms with E-state index in [4.69, 9.17) is 5.73 Å². The van der Waals surface area contributed by atoms with E-state index in [1.165, 1.54) is 0 Å². The molecular weight excluding hydrogens is 324 g/mol. The predicted octanol–water partition coefficient (Wildman–Crippen LogP) is 2.87. The highest BCUT2D eigenvalue weighted by Gasteiger charge is 2.22. The Balaban J connectivity index is 2.31. The van der Waals surface area contributed by atoms with Gasteiger partial charge in [-0.15, -0.1) is 0 Å². The maximum atomic E-state index is 12.6. The third-order valence-corrected chi connectivity index (χ3v) is 4.23. The molecule has 2 aromatic rings. The van der Waals surface area contributed by atoms with Crippen LogP contribution in [0.5, 0.6) is 0 Å². The summed E-state index contributed by atoms with van der Waals surface area (Å²) in [6, 6.07) is 13.5. The normalized spacial score (nSPS) is 11.7. The molecule has 6 heteroatoms. The highest BCUT2D eigenvalue weighted by molar-refractivity contribution is 7.98. The van der Waals surface area contributed by atoms with E-state index in [0.29, 0.717) is 29.0 Å². The molecule has 0 radical (unpaired) electrons. The quantitative estimate of drug-likeness (QED) is 0.672. The maximum Gasteiger partial charge on any atom is 0.326 e. The highest BCUT2D eigenvalue weighted by Crippen LogP contribution is 2.26. The first kappa shape index (κ1) is 17.9. The molecule has 0 aliphatic carbocycles. The molecule has 2 rings (SSSR count). The number of aliphatic carboxylic acids is 1. The number of nitrogens with one attached hydrogen (secondary N) is 1. The fourth-order valence-corrected chi connectivity index (χ4v) is 2.82. The summed E-state index contributed by atoms with van der Waals surface area (Å²) >= 11 is 1.54. The van der Waals surface area contributed by atoms with Crippen molar-refractivity contribution < 1.29 is 14.7 Å². The van der Waals surface area contributed by atoms with Gasteiger partial charge in [0.25, 0.3) is 5.91 Å². The number of carboxylic acids is 1. The Morgan fingerprint density at radius 1 is 1.21 bits per heavy atom. The molecule has 0 aliphatic rings. The van der Waals surface area contributed by atoms with Gasteiger partial charge in [0, 0.05) is 11.3 Å². The molecule has 5 nitrogen and oxygen atoms in total. The summed E-state index contributed by atoms with van der Waals surface area (Å²) < 4.78 is 0. The molecule has 0 aliphatic heterocycles. The molecule has 1 atom stereocenters. The number of benzene rings is 2. The molecule has 0 bridgehead atoms. The minimum atomic E-state index is -1.03. The number of amides is 1. The Bertz CT molecular complexity index is 719. The Hall–Kier alpha value is -2.47. The molecule has 0 aromatic heterocycles. The SMILES string of the molecule is CSCC[C@H](NC(=O)c1ccc(N)cc1-c1ccccc1)C(=O)O. The van der Waals surface area contributed by atoms with E-state index < -0.39 is 17.9 Å². The fraction of sp³-hybridized carbons (Fsp3) is 0.222. The first-order valence-corrected chi connectivity index (χ1v) is 8.90. The predicted molar refractivity (Wildman–Crippen MR) is 98.2 cm³/mol. The van der Waals surface area contributed by atoms with Gasteiger partial charge in [0.2, 0.25) is 0 Å². The molecule has 0 saturated heterocycles. The number of carbonyl (C=O) groups is 2. The van der Waals surface area contributed by atoms with E-state index in [-0.39, 0.29) is 0 Å². The van der Waals surface area contributed by atoms with E-state index in [1.807, 2.05) is 36.6 Å². The van der Waals surface area contributed by atoms with Gasteiger partial charge in [-0.1, -0.05) is 30.3 Å². The molecule has 0 fully saturated rings. The van der Waals surface area contributed by atoms with Crippen LogP contribution in [0.2, 0.25) is 0 Å². The lowest BCUT2D eigenvalue weighted by atomic mass is 9.98. The van der Waals surface area contributed by atoms with Crippen LogP contribution in [0.3, 0.4) is 0 Å². The van der Waals surface area contributed by atoms with Crippen LogP contribution >= 0.6 is 11.8 Å². The third-order valence-electron chi connectivity index (χ3n) is 3.59. The Morgan fingerprint density at radius 2 is 1.92 bits per heavy atom. The Morgan fingerprint density at radius 3 is 2.54 bits per heavy atom. The number of nitrogens with two attached hydrogens (primary N) is 1. The topological polar surface area (TPSA) is 92.4 Å². The van der Waals surface area contributed by atoms with Crippen molar-refractivity contribution in [1.29, 1.82) is 0 Å². The van der Waals surface area contributed by atoms with Gasteiger partial charge < -0.3 is 16.2 Å². The molecule has 1 amide bonds. The summed E-state index contributed by atoms with van der Waals surface area (Å²) in [7, 11) is 0. The Labute approximate surface area is 145 Å². The first-order valence-electron chi connectivity index (χ1n) is 7.50. The van der Waals surface area contributed by atoms with E-state index in [0.717, 1.165) is 5.56 Å². The van der Waals surface area contributed by atoms with Crippen molar-refractivity contribution in [3.63, 3.8) is 0 Å². The average Bonchev–Trinajstić information content (AvgIpc) is 2.58. The van der Waals surface area contributed by atoms with Crippen molar-refractivity contribution in [2.75, 3.05) is 17.7 Å². The minimum Gasteiger partial charge on any atom is -0.480 e. The van der Waals surface area contributed by atoms with Crippen LogP contribution in [-0.4, -0.2) is 35.0 Å². The second kappa shape index (κ2) is 8.40. The van der Waals surface area contributed by atoms with Crippen LogP contribution < -0.4 is 11.1 Å². The van der Waals surface area contributed by atoms with Gasteiger partial charge in [0.1, 0.15) is 6.04 Å². The summed E-state index contributed by atoms with van der Waals surface area (Å²) in [5.41, 5.74) is 8.34. The monoisotopic (exact) mass is 344 g/mol. The molecule has 4 N–H and O–H groups in total. The minimum absolute atomic E-state index is 0.373. The van der Waals surface area contributed by atoms with Gasteiger partial charge in [-0.3, -0.25) is 4.79 Å². The van der Waals surface area contributed by atoms with Crippen LogP contribution in [0, 0.1) is 0 Å². The number of hydrogen-bond donors (Lipinski definition) is 3. The van der Waals surface area contributed by atoms with Crippen molar-refractivity contribution in [1.82, 2.24) is 5.32 Å². The van der Waals surface area contributed by atoms with Gasteiger partial charge in [-0.05, 0) is 47.8 Å². The van der Waals surface area contributed by atoms with E-state index >= 15 is 0 Å². The molecule has 2 aromatic carbocycles. The number of rotatable bonds is 7. The third kappa shape index (κ3) is 4.52. The van der Waals surface area contributed by atoms with Crippen LogP contribution in [0.1, 0.15) is 16.8 Å². The van der Waals surface area contributed by atoms with E-state index in [2.05, 4.69) is 5.32 Å². The lowest BCUT2D eigenvalue weighted by molar-refractivity contribution is -0.139. The summed E-state index contributed by atoms with van der Waals surface area (Å²) in [5, 5.41) is 11.9. The van der Waals surface area contributed by atoms with E-state index in [1.54, 1.807) is 30.0 Å². The van der Waals surface area contributed by atoms with Crippen molar-refractivity contribution in [2.45, 2.75) is 12.5 Å². The lowest BCUT2D eigenvalue weighted by Crippen LogP contribution is -2.41. The van der Waals surface area contributed by atoms with Gasteiger partial charge in [0.05, 0.1) is 0 Å². The van der Waals surface area contributed by atoms with Crippen molar-refractivity contribution >= 4 is 29.3 Å². The van der Waals surface area contributed by atoms with Crippen LogP contribution in [0.4, 0.5) is 5.69 Å². The van der Waals surface area contributed by atoms with Crippen LogP contribution in [0.15, 0.2) is 48.5 Å². The zero-order chi connectivity index (χ0) is 17.5. The van der Waals surface area contributed by atoms with Crippen LogP contribution in [0.25, 0.3) is 11.1 Å². The molecule has 126 valence electrons. The smallest absolute Gasteiger partial charge is 0.326 e. The molecule has 0 saturated carbocycles. The van der Waals surface area contributed by atoms with Gasteiger partial charge in [0.15, 0.2) is 0 Å². The highest BCUT2D eigenvalue weighted by atomic mass is 32.2. The number of carbonyl (C=O) groups excluding carboxylic acids is 1. The number of hydrogen-bond acceptors (Lipinski definition) is 4. The summed E-state index contributed by atoms with van der Waals surface area (Å²) in [4.78, 5) is 23.9. The number of nitrogen functional groups attached to an aromatic ring is 1. The number of thioether (sulfide) groups is 1. The molecule has 0 unspecified atom stereocenters. The molecular formula is C18H20N2O3S. The second-order valence-electron chi connectivity index (χ2n) is 5.32. The summed E-state index contributed by atoms with van der Waals surface area (Å²) in [6.45, 7) is 0. The average molecular weight is 344 g/mol. The largest absolute Gasteiger partial charge is 0.480 e. The van der Waals surface area contributed by atoms with Crippen molar-refractivity contribution in [2.24, 2.45) is 0 Å². The molecule has 0 heterocycles. The zero-order valence-corrected chi connectivity index (χ0v) is 14.2. The van der Waals surface area contributed by atoms with E-state index in [9.17, 15) is 14.7 Å².